The van der Waals surface area contributed by atoms with Crippen molar-refractivity contribution in [2.24, 2.45) is 0 Å². The predicted molar refractivity (Wildman–Crippen MR) is 103 cm³/mol. The maximum absolute atomic E-state index is 13.0. The zero-order valence-electron chi connectivity index (χ0n) is 13.7. The Kier molecular flexibility index (Phi) is 5.91. The van der Waals surface area contributed by atoms with Gasteiger partial charge < -0.3 is 10.3 Å². The number of carbonyl (C=O) groups is 1. The molecule has 0 aliphatic carbocycles. The van der Waals surface area contributed by atoms with Crippen molar-refractivity contribution in [1.82, 2.24) is 9.97 Å². The van der Waals surface area contributed by atoms with Crippen LogP contribution in [0.4, 0.5) is 18.9 Å². The zero-order valence-corrected chi connectivity index (χ0v) is 16.1. The van der Waals surface area contributed by atoms with Crippen LogP contribution >= 0.6 is 27.7 Å². The Bertz CT molecular complexity index is 942. The molecule has 0 unspecified atom stereocenters. The average Bonchev–Trinajstić information content (AvgIpc) is 3.09. The van der Waals surface area contributed by atoms with Gasteiger partial charge in [0.05, 0.1) is 28.9 Å². The summed E-state index contributed by atoms with van der Waals surface area (Å²) < 4.78 is 39.8. The monoisotopic (exact) mass is 455 g/mol. The number of amides is 1. The highest BCUT2D eigenvalue weighted by Gasteiger charge is 2.33. The molecule has 0 radical (unpaired) electrons. The van der Waals surface area contributed by atoms with Crippen LogP contribution in [0.2, 0.25) is 0 Å². The van der Waals surface area contributed by atoms with Crippen LogP contribution in [0.5, 0.6) is 0 Å². The fourth-order valence-electron chi connectivity index (χ4n) is 2.31. The van der Waals surface area contributed by atoms with Crippen LogP contribution in [-0.2, 0) is 11.0 Å². The molecule has 0 aliphatic heterocycles. The van der Waals surface area contributed by atoms with Gasteiger partial charge in [-0.25, -0.2) is 4.98 Å². The molecule has 0 atom stereocenters. The number of carbonyl (C=O) groups excluding carboxylic acids is 1. The topological polar surface area (TPSA) is 57.8 Å². The van der Waals surface area contributed by atoms with E-state index in [1.54, 1.807) is 6.20 Å². The van der Waals surface area contributed by atoms with E-state index in [-0.39, 0.29) is 11.4 Å². The molecule has 4 nitrogen and oxygen atoms in total. The molecular weight excluding hydrogens is 443 g/mol. The molecule has 2 aromatic carbocycles. The Hall–Kier alpha value is -2.26. The number of anilines is 1. The lowest BCUT2D eigenvalue weighted by Gasteiger charge is -2.13. The number of imidazole rings is 1. The third-order valence-corrected chi connectivity index (χ3v) is 4.97. The summed E-state index contributed by atoms with van der Waals surface area (Å²) in [5.41, 5.74) is 0.582. The number of para-hydroxylation sites is 1. The van der Waals surface area contributed by atoms with E-state index in [0.717, 1.165) is 33.6 Å². The Balaban J connectivity index is 1.61. The van der Waals surface area contributed by atoms with Crippen LogP contribution in [0.1, 0.15) is 5.56 Å². The summed E-state index contributed by atoms with van der Waals surface area (Å²) in [5, 5.41) is 2.81. The van der Waals surface area contributed by atoms with Gasteiger partial charge in [0.25, 0.3) is 0 Å². The largest absolute Gasteiger partial charge is 0.418 e. The molecule has 0 bridgehead atoms. The lowest BCUT2D eigenvalue weighted by Crippen LogP contribution is -2.18. The number of aromatic nitrogens is 2. The van der Waals surface area contributed by atoms with Crippen molar-refractivity contribution in [3.8, 4) is 11.3 Å². The first-order valence-corrected chi connectivity index (χ1v) is 9.50. The quantitative estimate of drug-likeness (QED) is 0.493. The number of halogens is 4. The van der Waals surface area contributed by atoms with E-state index in [1.807, 2.05) is 24.3 Å². The van der Waals surface area contributed by atoms with Crippen LogP contribution < -0.4 is 5.32 Å². The zero-order chi connectivity index (χ0) is 19.4. The third kappa shape index (κ3) is 5.14. The number of alkyl halides is 3. The summed E-state index contributed by atoms with van der Waals surface area (Å²) in [6, 6.07) is 12.5. The second kappa shape index (κ2) is 8.18. The number of hydrogen-bond donors (Lipinski definition) is 2. The molecule has 3 rings (SSSR count). The Morgan fingerprint density at radius 1 is 1.15 bits per heavy atom. The highest BCUT2D eigenvalue weighted by molar-refractivity contribution is 9.10. The molecule has 0 fully saturated rings. The van der Waals surface area contributed by atoms with Gasteiger partial charge in [-0.15, -0.1) is 0 Å². The van der Waals surface area contributed by atoms with Gasteiger partial charge in [-0.1, -0.05) is 52.0 Å². The lowest BCUT2D eigenvalue weighted by molar-refractivity contribution is -0.137. The molecule has 0 aliphatic rings. The normalized spacial score (nSPS) is 11.4. The molecule has 1 aromatic heterocycles. The van der Waals surface area contributed by atoms with Gasteiger partial charge in [0.1, 0.15) is 0 Å². The summed E-state index contributed by atoms with van der Waals surface area (Å²) in [6.07, 6.45) is -2.89. The van der Waals surface area contributed by atoms with Gasteiger partial charge in [0, 0.05) is 4.47 Å². The van der Waals surface area contributed by atoms with Gasteiger partial charge in [-0.2, -0.15) is 13.2 Å². The van der Waals surface area contributed by atoms with E-state index in [1.165, 1.54) is 18.2 Å². The molecule has 1 amide bonds. The fourth-order valence-corrected chi connectivity index (χ4v) is 3.23. The lowest BCUT2D eigenvalue weighted by atomic mass is 10.1. The van der Waals surface area contributed by atoms with Gasteiger partial charge in [0.2, 0.25) is 5.91 Å². The number of H-pyrrole nitrogens is 1. The van der Waals surface area contributed by atoms with Crippen molar-refractivity contribution in [1.29, 1.82) is 0 Å². The van der Waals surface area contributed by atoms with E-state index in [9.17, 15) is 18.0 Å². The van der Waals surface area contributed by atoms with Gasteiger partial charge in [0.15, 0.2) is 5.16 Å². The Morgan fingerprint density at radius 3 is 2.56 bits per heavy atom. The van der Waals surface area contributed by atoms with E-state index in [4.69, 9.17) is 0 Å². The number of nitrogens with one attached hydrogen (secondary N) is 2. The minimum Gasteiger partial charge on any atom is -0.333 e. The third-order valence-electron chi connectivity index (χ3n) is 3.55. The van der Waals surface area contributed by atoms with Gasteiger partial charge >= 0.3 is 6.18 Å². The number of nitrogens with zero attached hydrogens (tertiary/aromatic N) is 1. The number of hydrogen-bond acceptors (Lipinski definition) is 3. The van der Waals surface area contributed by atoms with Crippen molar-refractivity contribution in [2.75, 3.05) is 11.1 Å². The Labute approximate surface area is 165 Å². The van der Waals surface area contributed by atoms with Crippen LogP contribution in [-0.4, -0.2) is 21.6 Å². The first-order chi connectivity index (χ1) is 12.8. The smallest absolute Gasteiger partial charge is 0.333 e. The molecule has 140 valence electrons. The molecular formula is C18H13BrF3N3OS. The molecule has 2 N–H and O–H groups in total. The first-order valence-electron chi connectivity index (χ1n) is 7.73. The minimum absolute atomic E-state index is 0.0700. The summed E-state index contributed by atoms with van der Waals surface area (Å²) in [4.78, 5) is 19.3. The first kappa shape index (κ1) is 19.5. The van der Waals surface area contributed by atoms with E-state index < -0.39 is 17.6 Å². The summed E-state index contributed by atoms with van der Waals surface area (Å²) in [6.45, 7) is 0. The molecule has 9 heteroatoms. The molecule has 1 heterocycles. The second-order valence-corrected chi connectivity index (χ2v) is 7.37. The number of rotatable bonds is 5. The van der Waals surface area contributed by atoms with Gasteiger partial charge in [-0.05, 0) is 29.8 Å². The van der Waals surface area contributed by atoms with Crippen LogP contribution in [0.3, 0.4) is 0 Å². The van der Waals surface area contributed by atoms with E-state index in [0.29, 0.717) is 5.16 Å². The summed E-state index contributed by atoms with van der Waals surface area (Å²) >= 11 is 4.47. The van der Waals surface area contributed by atoms with Crippen molar-refractivity contribution >= 4 is 39.3 Å². The van der Waals surface area contributed by atoms with Crippen molar-refractivity contribution in [2.45, 2.75) is 11.3 Å². The number of benzene rings is 2. The second-order valence-electron chi connectivity index (χ2n) is 5.49. The number of thioether (sulfide) groups is 1. The van der Waals surface area contributed by atoms with E-state index >= 15 is 0 Å². The highest BCUT2D eigenvalue weighted by Crippen LogP contribution is 2.34. The standard InChI is InChI=1S/C18H13BrF3N3OS/c19-12-7-5-11(6-8-12)15-9-23-17(25-15)27-10-16(26)24-14-4-2-1-3-13(14)18(20,21)22/h1-9H,10H2,(H,23,25)(H,24,26). The molecule has 0 saturated heterocycles. The minimum atomic E-state index is -4.53. The Morgan fingerprint density at radius 2 is 1.85 bits per heavy atom. The highest BCUT2D eigenvalue weighted by atomic mass is 79.9. The summed E-state index contributed by atoms with van der Waals surface area (Å²) in [5.74, 6) is -0.613. The number of aromatic amines is 1. The maximum Gasteiger partial charge on any atom is 0.418 e. The molecule has 27 heavy (non-hydrogen) atoms. The summed E-state index contributed by atoms with van der Waals surface area (Å²) in [7, 11) is 0. The average molecular weight is 456 g/mol. The van der Waals surface area contributed by atoms with E-state index in [2.05, 4.69) is 31.2 Å². The molecule has 0 spiro atoms. The van der Waals surface area contributed by atoms with Crippen LogP contribution in [0.15, 0.2) is 64.4 Å². The fraction of sp³-hybridized carbons (Fsp3) is 0.111. The maximum atomic E-state index is 13.0. The van der Waals surface area contributed by atoms with Gasteiger partial charge in [-0.3, -0.25) is 4.79 Å². The van der Waals surface area contributed by atoms with Crippen molar-refractivity contribution < 1.29 is 18.0 Å². The van der Waals surface area contributed by atoms with Crippen molar-refractivity contribution in [3.05, 3.63) is 64.8 Å². The van der Waals surface area contributed by atoms with Crippen LogP contribution in [0.25, 0.3) is 11.3 Å². The van der Waals surface area contributed by atoms with Crippen LogP contribution in [0, 0.1) is 0 Å². The predicted octanol–water partition coefficient (Wildman–Crippen LogP) is 5.59. The SMILES string of the molecule is O=C(CSc1ncc(-c2ccc(Br)cc2)[nH]1)Nc1ccccc1C(F)(F)F. The molecule has 0 saturated carbocycles. The van der Waals surface area contributed by atoms with Crippen molar-refractivity contribution in [3.63, 3.8) is 0 Å². The molecule has 3 aromatic rings.